The highest BCUT2D eigenvalue weighted by Gasteiger charge is 2.36. The lowest BCUT2D eigenvalue weighted by Gasteiger charge is -2.35. The Hall–Kier alpha value is -3.88. The fraction of sp³-hybridized carbons (Fsp3) is 0.200. The molecule has 0 aromatic heterocycles. The van der Waals surface area contributed by atoms with Gasteiger partial charge < -0.3 is 0 Å². The lowest BCUT2D eigenvalue weighted by Crippen LogP contribution is -2.56. The first-order chi connectivity index (χ1) is 13.9. The van der Waals surface area contributed by atoms with Crippen LogP contribution in [0.4, 0.5) is 5.69 Å². The minimum absolute atomic E-state index is 0.0595. The second-order valence-corrected chi connectivity index (χ2v) is 6.41. The van der Waals surface area contributed by atoms with Gasteiger partial charge in [-0.25, -0.2) is 5.01 Å². The number of amides is 3. The molecule has 0 aliphatic carbocycles. The van der Waals surface area contributed by atoms with Crippen LogP contribution in [0.3, 0.4) is 0 Å². The minimum atomic E-state index is -0.846. The molecular weight excluding hydrogens is 378 g/mol. The molecule has 0 saturated carbocycles. The molecular formula is C20H17N3O6. The summed E-state index contributed by atoms with van der Waals surface area (Å²) in [6.45, 7) is -0.553. The highest BCUT2D eigenvalue weighted by molar-refractivity contribution is 6.06. The summed E-state index contributed by atoms with van der Waals surface area (Å²) < 4.78 is 0. The van der Waals surface area contributed by atoms with E-state index in [9.17, 15) is 29.3 Å². The summed E-state index contributed by atoms with van der Waals surface area (Å²) in [5.74, 6) is -2.51. The number of Topliss-reactive ketones (excluding diaryl/α,β-unsaturated/α-hetero) is 1. The molecule has 0 bridgehead atoms. The lowest BCUT2D eigenvalue weighted by molar-refractivity contribution is -0.384. The van der Waals surface area contributed by atoms with E-state index in [-0.39, 0.29) is 24.1 Å². The number of nitro groups is 1. The van der Waals surface area contributed by atoms with Gasteiger partial charge in [-0.3, -0.25) is 29.3 Å². The maximum absolute atomic E-state index is 13.1. The van der Waals surface area contributed by atoms with E-state index in [0.717, 1.165) is 11.1 Å². The fourth-order valence-electron chi connectivity index (χ4n) is 3.00. The molecule has 1 saturated heterocycles. The summed E-state index contributed by atoms with van der Waals surface area (Å²) in [5, 5.41) is 12.5. The van der Waals surface area contributed by atoms with E-state index < -0.39 is 35.0 Å². The van der Waals surface area contributed by atoms with Gasteiger partial charge in [-0.1, -0.05) is 36.4 Å². The van der Waals surface area contributed by atoms with Crippen LogP contribution in [-0.4, -0.2) is 45.0 Å². The molecule has 0 radical (unpaired) electrons. The number of hydrogen-bond acceptors (Lipinski definition) is 6. The van der Waals surface area contributed by atoms with Crippen molar-refractivity contribution < 1.29 is 24.1 Å². The number of carbonyl (C=O) groups excluding carboxylic acids is 4. The maximum Gasteiger partial charge on any atom is 0.273 e. The Labute approximate surface area is 165 Å². The summed E-state index contributed by atoms with van der Waals surface area (Å²) >= 11 is 0. The van der Waals surface area contributed by atoms with Crippen LogP contribution < -0.4 is 0 Å². The maximum atomic E-state index is 13.1. The Bertz CT molecular complexity index is 973. The topological polar surface area (TPSA) is 118 Å². The molecule has 29 heavy (non-hydrogen) atoms. The SMILES string of the molecule is O=C(CN(C(=O)c1cccc([N+](=O)[O-])c1)N1C(=O)CCCC1=O)c1ccccc1. The highest BCUT2D eigenvalue weighted by Crippen LogP contribution is 2.20. The van der Waals surface area contributed by atoms with Crippen molar-refractivity contribution in [1.29, 1.82) is 0 Å². The van der Waals surface area contributed by atoms with Gasteiger partial charge in [-0.2, -0.15) is 5.01 Å². The molecule has 2 aromatic rings. The van der Waals surface area contributed by atoms with Crippen LogP contribution in [0.25, 0.3) is 0 Å². The van der Waals surface area contributed by atoms with Crippen molar-refractivity contribution in [2.45, 2.75) is 19.3 Å². The zero-order chi connectivity index (χ0) is 21.0. The molecule has 9 heteroatoms. The van der Waals surface area contributed by atoms with Crippen molar-refractivity contribution in [3.05, 3.63) is 75.8 Å². The van der Waals surface area contributed by atoms with Crippen molar-refractivity contribution in [1.82, 2.24) is 10.0 Å². The van der Waals surface area contributed by atoms with Crippen LogP contribution in [0.1, 0.15) is 40.0 Å². The molecule has 0 unspecified atom stereocenters. The smallest absolute Gasteiger partial charge is 0.273 e. The second kappa shape index (κ2) is 8.42. The van der Waals surface area contributed by atoms with Crippen LogP contribution in [0.15, 0.2) is 54.6 Å². The third-order valence-corrected chi connectivity index (χ3v) is 4.42. The Kier molecular flexibility index (Phi) is 5.77. The third-order valence-electron chi connectivity index (χ3n) is 4.42. The van der Waals surface area contributed by atoms with Crippen molar-refractivity contribution in [3.63, 3.8) is 0 Å². The van der Waals surface area contributed by atoms with Crippen LogP contribution in [0.5, 0.6) is 0 Å². The molecule has 0 atom stereocenters. The minimum Gasteiger partial charge on any atom is -0.292 e. The van der Waals surface area contributed by atoms with E-state index in [1.165, 1.54) is 18.2 Å². The number of carbonyl (C=O) groups is 4. The molecule has 9 nitrogen and oxygen atoms in total. The summed E-state index contributed by atoms with van der Waals surface area (Å²) in [6, 6.07) is 13.0. The zero-order valence-corrected chi connectivity index (χ0v) is 15.3. The number of piperidine rings is 1. The largest absolute Gasteiger partial charge is 0.292 e. The number of ketones is 1. The summed E-state index contributed by atoms with van der Waals surface area (Å²) in [6.07, 6.45) is 0.480. The normalized spacial score (nSPS) is 13.9. The number of imide groups is 1. The summed E-state index contributed by atoms with van der Waals surface area (Å²) in [7, 11) is 0. The lowest BCUT2D eigenvalue weighted by atomic mass is 10.1. The number of nitrogens with zero attached hydrogens (tertiary/aromatic N) is 3. The third kappa shape index (κ3) is 4.34. The number of hydrogen-bond donors (Lipinski definition) is 0. The molecule has 3 amide bonds. The van der Waals surface area contributed by atoms with Gasteiger partial charge in [0.25, 0.3) is 11.6 Å². The highest BCUT2D eigenvalue weighted by atomic mass is 16.6. The zero-order valence-electron chi connectivity index (χ0n) is 15.3. The summed E-state index contributed by atoms with van der Waals surface area (Å²) in [4.78, 5) is 60.8. The summed E-state index contributed by atoms with van der Waals surface area (Å²) in [5.41, 5.74) is -0.117. The van der Waals surface area contributed by atoms with Crippen molar-refractivity contribution in [2.75, 3.05) is 6.54 Å². The first-order valence-corrected chi connectivity index (χ1v) is 8.89. The second-order valence-electron chi connectivity index (χ2n) is 6.41. The fourth-order valence-corrected chi connectivity index (χ4v) is 3.00. The molecule has 0 N–H and O–H groups in total. The number of rotatable bonds is 6. The van der Waals surface area contributed by atoms with Gasteiger partial charge in [-0.15, -0.1) is 0 Å². The van der Waals surface area contributed by atoms with Crippen molar-refractivity contribution in [3.8, 4) is 0 Å². The van der Waals surface area contributed by atoms with Crippen molar-refractivity contribution >= 4 is 29.2 Å². The standard InChI is InChI=1S/C20H17N3O6/c24-17(14-6-2-1-3-7-14)13-21(22-18(25)10-5-11-19(22)26)20(27)15-8-4-9-16(12-15)23(28)29/h1-4,6-9,12H,5,10-11,13H2. The molecule has 148 valence electrons. The van der Waals surface area contributed by atoms with Gasteiger partial charge in [-0.05, 0) is 12.5 Å². The molecule has 1 fully saturated rings. The number of benzene rings is 2. The molecule has 2 aromatic carbocycles. The van der Waals surface area contributed by atoms with Gasteiger partial charge in [0.2, 0.25) is 11.8 Å². The molecule has 1 aliphatic heterocycles. The Morgan fingerprint density at radius 2 is 1.59 bits per heavy atom. The van der Waals surface area contributed by atoms with E-state index in [1.54, 1.807) is 30.3 Å². The molecule has 1 heterocycles. The van der Waals surface area contributed by atoms with Gasteiger partial charge >= 0.3 is 0 Å². The van der Waals surface area contributed by atoms with Crippen LogP contribution >= 0.6 is 0 Å². The Balaban J connectivity index is 1.98. The van der Waals surface area contributed by atoms with Gasteiger partial charge in [0.15, 0.2) is 5.78 Å². The Morgan fingerprint density at radius 3 is 2.21 bits per heavy atom. The number of hydrazine groups is 1. The Morgan fingerprint density at radius 1 is 0.966 bits per heavy atom. The van der Waals surface area contributed by atoms with E-state index in [4.69, 9.17) is 0 Å². The first kappa shape index (κ1) is 19.9. The molecule has 1 aliphatic rings. The predicted molar refractivity (Wildman–Crippen MR) is 101 cm³/mol. The van der Waals surface area contributed by atoms with E-state index >= 15 is 0 Å². The number of nitro benzene ring substituents is 1. The van der Waals surface area contributed by atoms with Gasteiger partial charge in [0.1, 0.15) is 6.54 Å². The van der Waals surface area contributed by atoms with E-state index in [2.05, 4.69) is 0 Å². The monoisotopic (exact) mass is 395 g/mol. The molecule has 3 rings (SSSR count). The van der Waals surface area contributed by atoms with Crippen molar-refractivity contribution in [2.24, 2.45) is 0 Å². The van der Waals surface area contributed by atoms with Crippen LogP contribution in [0.2, 0.25) is 0 Å². The predicted octanol–water partition coefficient (Wildman–Crippen LogP) is 2.37. The average molecular weight is 395 g/mol. The number of non-ortho nitro benzene ring substituents is 1. The average Bonchev–Trinajstić information content (AvgIpc) is 2.73. The van der Waals surface area contributed by atoms with Crippen LogP contribution in [0, 0.1) is 10.1 Å². The van der Waals surface area contributed by atoms with Gasteiger partial charge in [0, 0.05) is 36.1 Å². The quantitative estimate of drug-likeness (QED) is 0.321. The van der Waals surface area contributed by atoms with E-state index in [0.29, 0.717) is 17.0 Å². The van der Waals surface area contributed by atoms with E-state index in [1.807, 2.05) is 0 Å². The first-order valence-electron chi connectivity index (χ1n) is 8.89. The van der Waals surface area contributed by atoms with Gasteiger partial charge in [0.05, 0.1) is 4.92 Å². The molecule has 0 spiro atoms. The van der Waals surface area contributed by atoms with Crippen LogP contribution in [-0.2, 0) is 9.59 Å².